The van der Waals surface area contributed by atoms with Crippen molar-refractivity contribution in [3.8, 4) is 0 Å². The summed E-state index contributed by atoms with van der Waals surface area (Å²) in [6.07, 6.45) is 2.53. The van der Waals surface area contributed by atoms with E-state index in [2.05, 4.69) is 9.88 Å². The fourth-order valence-electron chi connectivity index (χ4n) is 1.82. The number of pyridine rings is 1. The quantitative estimate of drug-likeness (QED) is 0.746. The van der Waals surface area contributed by atoms with E-state index in [9.17, 15) is 0 Å². The molecule has 1 saturated carbocycles. The van der Waals surface area contributed by atoms with Gasteiger partial charge in [0.25, 0.3) is 0 Å². The number of hydrogen-bond donors (Lipinski definition) is 0. The van der Waals surface area contributed by atoms with E-state index in [1.165, 1.54) is 12.8 Å². The van der Waals surface area contributed by atoms with E-state index in [1.807, 2.05) is 6.07 Å². The summed E-state index contributed by atoms with van der Waals surface area (Å²) in [6, 6.07) is 4.40. The minimum atomic E-state index is 0.439. The van der Waals surface area contributed by atoms with Crippen molar-refractivity contribution in [3.05, 3.63) is 28.0 Å². The molecule has 0 N–H and O–H groups in total. The molecule has 1 heterocycles. The van der Waals surface area contributed by atoms with Crippen LogP contribution in [0.4, 0.5) is 0 Å². The molecule has 0 bridgehead atoms. The zero-order valence-corrected chi connectivity index (χ0v) is 11.3. The van der Waals surface area contributed by atoms with Gasteiger partial charge in [0.1, 0.15) is 10.3 Å². The number of aromatic nitrogens is 1. The molecule has 17 heavy (non-hydrogen) atoms. The van der Waals surface area contributed by atoms with Gasteiger partial charge in [-0.3, -0.25) is 4.90 Å². The second-order valence-electron chi connectivity index (χ2n) is 4.28. The van der Waals surface area contributed by atoms with Crippen LogP contribution in [0.2, 0.25) is 10.3 Å². The van der Waals surface area contributed by atoms with Crippen LogP contribution in [0.15, 0.2) is 12.1 Å². The van der Waals surface area contributed by atoms with E-state index in [-0.39, 0.29) is 0 Å². The number of hydrogen-bond acceptors (Lipinski definition) is 3. The zero-order valence-electron chi connectivity index (χ0n) is 9.83. The van der Waals surface area contributed by atoms with Gasteiger partial charge < -0.3 is 4.74 Å². The number of rotatable bonds is 6. The van der Waals surface area contributed by atoms with Crippen LogP contribution in [0, 0.1) is 0 Å². The molecule has 1 aliphatic rings. The van der Waals surface area contributed by atoms with Crippen molar-refractivity contribution in [2.45, 2.75) is 25.4 Å². The molecule has 0 aliphatic heterocycles. The van der Waals surface area contributed by atoms with Gasteiger partial charge in [-0.15, -0.1) is 0 Å². The topological polar surface area (TPSA) is 25.4 Å². The molecule has 2 rings (SSSR count). The maximum atomic E-state index is 6.08. The van der Waals surface area contributed by atoms with Gasteiger partial charge >= 0.3 is 0 Å². The lowest BCUT2D eigenvalue weighted by atomic mass is 10.2. The van der Waals surface area contributed by atoms with Crippen LogP contribution in [-0.2, 0) is 11.3 Å². The molecule has 0 spiro atoms. The van der Waals surface area contributed by atoms with Gasteiger partial charge in [-0.2, -0.15) is 0 Å². The van der Waals surface area contributed by atoms with Crippen LogP contribution < -0.4 is 0 Å². The normalized spacial score (nSPS) is 15.5. The Labute approximate surface area is 112 Å². The summed E-state index contributed by atoms with van der Waals surface area (Å²) in [6.45, 7) is 2.49. The van der Waals surface area contributed by atoms with Crippen LogP contribution >= 0.6 is 23.2 Å². The SMILES string of the molecule is COCCN(Cc1ccc(Cl)nc1Cl)C1CC1. The van der Waals surface area contributed by atoms with Gasteiger partial charge in [-0.25, -0.2) is 4.98 Å². The van der Waals surface area contributed by atoms with E-state index in [0.29, 0.717) is 16.3 Å². The van der Waals surface area contributed by atoms with Gasteiger partial charge in [0, 0.05) is 31.8 Å². The summed E-state index contributed by atoms with van der Waals surface area (Å²) >= 11 is 11.9. The minimum absolute atomic E-state index is 0.439. The van der Waals surface area contributed by atoms with E-state index < -0.39 is 0 Å². The Morgan fingerprint density at radius 2 is 2.18 bits per heavy atom. The van der Waals surface area contributed by atoms with Crippen molar-refractivity contribution >= 4 is 23.2 Å². The van der Waals surface area contributed by atoms with Gasteiger partial charge in [0.2, 0.25) is 0 Å². The van der Waals surface area contributed by atoms with Crippen LogP contribution in [-0.4, -0.2) is 36.2 Å². The Hall–Kier alpha value is -0.350. The molecule has 1 aromatic heterocycles. The smallest absolute Gasteiger partial charge is 0.135 e. The maximum absolute atomic E-state index is 6.08. The first kappa shape index (κ1) is 13.1. The molecule has 1 fully saturated rings. The molecule has 0 atom stereocenters. The Balaban J connectivity index is 2.00. The molecule has 0 saturated heterocycles. The third kappa shape index (κ3) is 3.81. The lowest BCUT2D eigenvalue weighted by Gasteiger charge is -2.21. The number of methoxy groups -OCH3 is 1. The second-order valence-corrected chi connectivity index (χ2v) is 5.02. The predicted octanol–water partition coefficient (Wildman–Crippen LogP) is 3.00. The molecule has 0 radical (unpaired) electrons. The van der Waals surface area contributed by atoms with Crippen molar-refractivity contribution in [1.82, 2.24) is 9.88 Å². The standard InChI is InChI=1S/C12H16Cl2N2O/c1-17-7-6-16(10-3-4-10)8-9-2-5-11(13)15-12(9)14/h2,5,10H,3-4,6-8H2,1H3. The molecular formula is C12H16Cl2N2O. The Morgan fingerprint density at radius 3 is 2.76 bits per heavy atom. The first-order valence-electron chi connectivity index (χ1n) is 5.74. The molecule has 1 aliphatic carbocycles. The van der Waals surface area contributed by atoms with Crippen molar-refractivity contribution in [2.75, 3.05) is 20.3 Å². The van der Waals surface area contributed by atoms with Crippen LogP contribution in [0.5, 0.6) is 0 Å². The van der Waals surface area contributed by atoms with Gasteiger partial charge in [0.05, 0.1) is 6.61 Å². The molecule has 3 nitrogen and oxygen atoms in total. The van der Waals surface area contributed by atoms with E-state index in [1.54, 1.807) is 13.2 Å². The lowest BCUT2D eigenvalue weighted by Crippen LogP contribution is -2.29. The fourth-order valence-corrected chi connectivity index (χ4v) is 2.22. The largest absolute Gasteiger partial charge is 0.383 e. The summed E-state index contributed by atoms with van der Waals surface area (Å²) in [4.78, 5) is 6.45. The van der Waals surface area contributed by atoms with Crippen molar-refractivity contribution in [3.63, 3.8) is 0 Å². The fraction of sp³-hybridized carbons (Fsp3) is 0.583. The average Bonchev–Trinajstić information content (AvgIpc) is 3.11. The van der Waals surface area contributed by atoms with Gasteiger partial charge in [-0.05, 0) is 18.9 Å². The molecular weight excluding hydrogens is 259 g/mol. The monoisotopic (exact) mass is 274 g/mol. The summed E-state index contributed by atoms with van der Waals surface area (Å²) in [7, 11) is 1.72. The highest BCUT2D eigenvalue weighted by molar-refractivity contribution is 6.32. The Kier molecular flexibility index (Phi) is 4.62. The van der Waals surface area contributed by atoms with Crippen LogP contribution in [0.1, 0.15) is 18.4 Å². The van der Waals surface area contributed by atoms with E-state index in [4.69, 9.17) is 27.9 Å². The summed E-state index contributed by atoms with van der Waals surface area (Å²) < 4.78 is 5.13. The number of nitrogens with zero attached hydrogens (tertiary/aromatic N) is 2. The third-order valence-electron chi connectivity index (χ3n) is 2.91. The first-order valence-corrected chi connectivity index (χ1v) is 6.50. The van der Waals surface area contributed by atoms with Crippen LogP contribution in [0.25, 0.3) is 0 Å². The Bertz CT molecular complexity index is 383. The summed E-state index contributed by atoms with van der Waals surface area (Å²) in [5.74, 6) is 0. The maximum Gasteiger partial charge on any atom is 0.135 e. The highest BCUT2D eigenvalue weighted by atomic mass is 35.5. The lowest BCUT2D eigenvalue weighted by molar-refractivity contribution is 0.139. The number of ether oxygens (including phenoxy) is 1. The molecule has 0 unspecified atom stereocenters. The molecule has 1 aromatic rings. The minimum Gasteiger partial charge on any atom is -0.383 e. The molecule has 5 heteroatoms. The highest BCUT2D eigenvalue weighted by Crippen LogP contribution is 2.29. The molecule has 0 aromatic carbocycles. The van der Waals surface area contributed by atoms with Gasteiger partial charge in [-0.1, -0.05) is 29.3 Å². The third-order valence-corrected chi connectivity index (χ3v) is 3.45. The first-order chi connectivity index (χ1) is 8.20. The number of halogens is 2. The predicted molar refractivity (Wildman–Crippen MR) is 69.6 cm³/mol. The van der Waals surface area contributed by atoms with Crippen molar-refractivity contribution in [2.24, 2.45) is 0 Å². The van der Waals surface area contributed by atoms with Crippen LogP contribution in [0.3, 0.4) is 0 Å². The van der Waals surface area contributed by atoms with Crippen molar-refractivity contribution < 1.29 is 4.74 Å². The zero-order chi connectivity index (χ0) is 12.3. The average molecular weight is 275 g/mol. The Morgan fingerprint density at radius 1 is 1.41 bits per heavy atom. The molecule has 94 valence electrons. The summed E-state index contributed by atoms with van der Waals surface area (Å²) in [5, 5.41) is 0.939. The summed E-state index contributed by atoms with van der Waals surface area (Å²) in [5.41, 5.74) is 1.03. The molecule has 0 amide bonds. The van der Waals surface area contributed by atoms with Gasteiger partial charge in [0.15, 0.2) is 0 Å². The van der Waals surface area contributed by atoms with Crippen molar-refractivity contribution in [1.29, 1.82) is 0 Å². The van der Waals surface area contributed by atoms with E-state index >= 15 is 0 Å². The highest BCUT2D eigenvalue weighted by Gasteiger charge is 2.29. The van der Waals surface area contributed by atoms with E-state index in [0.717, 1.165) is 25.3 Å². The second kappa shape index (κ2) is 6.01.